The maximum Gasteiger partial charge on any atom is 0.405 e. The molecule has 12 heteroatoms. The predicted molar refractivity (Wildman–Crippen MR) is 158 cm³/mol. The molecule has 0 aromatic heterocycles. The predicted octanol–water partition coefficient (Wildman–Crippen LogP) is 2.29. The number of aliphatic hydroxyl groups is 1. The summed E-state index contributed by atoms with van der Waals surface area (Å²) in [7, 11) is 2.87. The second kappa shape index (κ2) is 16.1. The minimum absolute atomic E-state index is 0.0547. The highest BCUT2D eigenvalue weighted by atomic mass is 16.6. The molecule has 0 aromatic rings. The van der Waals surface area contributed by atoms with Crippen molar-refractivity contribution in [2.45, 2.75) is 78.3 Å². The molecular weight excluding hydrogens is 558 g/mol. The monoisotopic (exact) mass is 601 g/mol. The lowest BCUT2D eigenvalue weighted by molar-refractivity contribution is -0.122. The first-order valence-corrected chi connectivity index (χ1v) is 14.1. The lowest BCUT2D eigenvalue weighted by atomic mass is 9.85. The van der Waals surface area contributed by atoms with E-state index in [2.05, 4.69) is 10.6 Å². The Balaban J connectivity index is 2.64. The third-order valence-electron chi connectivity index (χ3n) is 7.38. The summed E-state index contributed by atoms with van der Waals surface area (Å²) < 4.78 is 16.5. The number of amides is 3. The van der Waals surface area contributed by atoms with E-state index in [9.17, 15) is 29.1 Å². The molecule has 2 rings (SSSR count). The van der Waals surface area contributed by atoms with Crippen LogP contribution in [-0.2, 0) is 33.4 Å². The Labute approximate surface area is 252 Å². The molecule has 0 spiro atoms. The van der Waals surface area contributed by atoms with E-state index in [4.69, 9.17) is 19.9 Å². The molecule has 1 heterocycles. The molecule has 0 saturated carbocycles. The summed E-state index contributed by atoms with van der Waals surface area (Å²) in [4.78, 5) is 63.5. The van der Waals surface area contributed by atoms with Crippen molar-refractivity contribution in [3.63, 3.8) is 0 Å². The molecule has 236 valence electrons. The van der Waals surface area contributed by atoms with Crippen molar-refractivity contribution in [2.75, 3.05) is 14.2 Å². The molecule has 0 fully saturated rings. The highest BCUT2D eigenvalue weighted by molar-refractivity contribution is 6.24. The first-order chi connectivity index (χ1) is 20.2. The molecule has 0 aromatic carbocycles. The Morgan fingerprint density at radius 3 is 2.40 bits per heavy atom. The fourth-order valence-corrected chi connectivity index (χ4v) is 4.95. The number of primary amides is 1. The summed E-state index contributed by atoms with van der Waals surface area (Å²) in [6, 6.07) is 0. The summed E-state index contributed by atoms with van der Waals surface area (Å²) in [5, 5.41) is 16.3. The van der Waals surface area contributed by atoms with Gasteiger partial charge in [-0.25, -0.2) is 4.79 Å². The lowest BCUT2D eigenvalue weighted by Crippen LogP contribution is -2.38. The maximum absolute atomic E-state index is 13.6. The van der Waals surface area contributed by atoms with Gasteiger partial charge >= 0.3 is 6.09 Å². The number of ketones is 2. The van der Waals surface area contributed by atoms with Crippen LogP contribution in [0, 0.1) is 11.8 Å². The largest absolute Gasteiger partial charge is 0.439 e. The van der Waals surface area contributed by atoms with Gasteiger partial charge in [0.25, 0.3) is 5.91 Å². The van der Waals surface area contributed by atoms with E-state index in [1.807, 2.05) is 6.92 Å². The number of hydrogen-bond donors (Lipinski definition) is 4. The van der Waals surface area contributed by atoms with E-state index < -0.39 is 59.8 Å². The molecule has 1 aliphatic carbocycles. The highest BCUT2D eigenvalue weighted by Gasteiger charge is 2.34. The van der Waals surface area contributed by atoms with Crippen LogP contribution < -0.4 is 16.4 Å². The van der Waals surface area contributed by atoms with Crippen LogP contribution in [0.1, 0.15) is 53.9 Å². The summed E-state index contributed by atoms with van der Waals surface area (Å²) >= 11 is 0. The van der Waals surface area contributed by atoms with Gasteiger partial charge in [0.15, 0.2) is 6.10 Å². The zero-order valence-electron chi connectivity index (χ0n) is 25.8. The van der Waals surface area contributed by atoms with Crippen LogP contribution in [0.4, 0.5) is 4.79 Å². The Bertz CT molecular complexity index is 1260. The van der Waals surface area contributed by atoms with Gasteiger partial charge in [0.05, 0.1) is 23.6 Å². The van der Waals surface area contributed by atoms with Crippen LogP contribution >= 0.6 is 0 Å². The number of aliphatic hydroxyl groups excluding tert-OH is 1. The smallest absolute Gasteiger partial charge is 0.405 e. The minimum Gasteiger partial charge on any atom is -0.439 e. The molecule has 2 aliphatic rings. The topological polar surface area (TPSA) is 183 Å². The van der Waals surface area contributed by atoms with Crippen LogP contribution in [0.5, 0.6) is 0 Å². The summed E-state index contributed by atoms with van der Waals surface area (Å²) in [5.74, 6) is -3.06. The second-order valence-electron chi connectivity index (χ2n) is 10.8. The Hall–Kier alpha value is -3.87. The molecule has 5 N–H and O–H groups in total. The van der Waals surface area contributed by atoms with Gasteiger partial charge in [-0.15, -0.1) is 0 Å². The molecule has 0 radical (unpaired) electrons. The molecule has 2 bridgehead atoms. The summed E-state index contributed by atoms with van der Waals surface area (Å²) in [6.07, 6.45) is 3.28. The Morgan fingerprint density at radius 1 is 1.14 bits per heavy atom. The number of allylic oxidation sites excluding steroid dienone is 4. The third-order valence-corrected chi connectivity index (χ3v) is 7.38. The van der Waals surface area contributed by atoms with Crippen LogP contribution in [0.3, 0.4) is 0 Å². The van der Waals surface area contributed by atoms with Crippen molar-refractivity contribution < 1.29 is 43.3 Å². The molecule has 1 aliphatic heterocycles. The van der Waals surface area contributed by atoms with Gasteiger partial charge < -0.3 is 35.7 Å². The van der Waals surface area contributed by atoms with Crippen molar-refractivity contribution in [2.24, 2.45) is 17.6 Å². The zero-order valence-corrected chi connectivity index (χ0v) is 25.8. The molecule has 0 unspecified atom stereocenters. The summed E-state index contributed by atoms with van der Waals surface area (Å²) in [6.45, 7) is 8.45. The second-order valence-corrected chi connectivity index (χ2v) is 10.8. The maximum atomic E-state index is 13.6. The van der Waals surface area contributed by atoms with E-state index in [1.165, 1.54) is 33.3 Å². The number of nitrogens with one attached hydrogen (secondary N) is 2. The van der Waals surface area contributed by atoms with Gasteiger partial charge in [0.2, 0.25) is 17.5 Å². The standard InChI is InChI=1S/C31H43N3O9/c1-8-25(36)34-26-20-12-16(2)13-24(42-7)27(37)18(4)14-19(5)29(43-31(32)40)23(41-6)11-9-10-17(3)30(39)33-21(28(20)38)15-22(26)35/h9-11,14-16,18,23-24,27,29,37H,8,12-13H2,1-7H3,(H2,32,40)(H,33,39)(H,34,36)/b11-9-,17-10+,19-14+/t16-,18+,23+,24+,27-,29+/m1/s1. The molecule has 43 heavy (non-hydrogen) atoms. The molecule has 0 saturated heterocycles. The van der Waals surface area contributed by atoms with Gasteiger partial charge in [-0.2, -0.15) is 0 Å². The lowest BCUT2D eigenvalue weighted by Gasteiger charge is -2.30. The van der Waals surface area contributed by atoms with Gasteiger partial charge in [-0.05, 0) is 38.2 Å². The third kappa shape index (κ3) is 9.57. The quantitative estimate of drug-likeness (QED) is 0.271. The molecule has 12 nitrogen and oxygen atoms in total. The SMILES string of the molecule is CCC(=O)NC1=C2C[C@@H](C)C[C@H](OC)[C@H](O)[C@@H](C)/C=C(\C)[C@H](OC(N)=O)[C@@H](OC)/C=C\C=C(/C)C(=O)NC(=CC1=O)C2=O. The number of carbonyl (C=O) groups excluding carboxylic acids is 5. The first-order valence-electron chi connectivity index (χ1n) is 14.1. The van der Waals surface area contributed by atoms with E-state index in [0.29, 0.717) is 5.57 Å². The molecular formula is C31H43N3O9. The fourth-order valence-electron chi connectivity index (χ4n) is 4.95. The number of rotatable bonds is 5. The van der Waals surface area contributed by atoms with Gasteiger partial charge in [-0.1, -0.05) is 45.1 Å². The Morgan fingerprint density at radius 2 is 1.81 bits per heavy atom. The Kier molecular flexibility index (Phi) is 13.2. The minimum atomic E-state index is -1.02. The number of Topliss-reactive ketones (excluding diaryl/α,β-unsaturated/α-hetero) is 1. The van der Waals surface area contributed by atoms with Crippen LogP contribution in [0.2, 0.25) is 0 Å². The van der Waals surface area contributed by atoms with E-state index in [0.717, 1.165) is 6.08 Å². The van der Waals surface area contributed by atoms with E-state index >= 15 is 0 Å². The average Bonchev–Trinajstić information content (AvgIpc) is 2.95. The van der Waals surface area contributed by atoms with Gasteiger partial charge in [0, 0.05) is 43.8 Å². The van der Waals surface area contributed by atoms with Crippen LogP contribution in [0.25, 0.3) is 0 Å². The highest BCUT2D eigenvalue weighted by Crippen LogP contribution is 2.29. The van der Waals surface area contributed by atoms with Crippen molar-refractivity contribution in [3.8, 4) is 0 Å². The summed E-state index contributed by atoms with van der Waals surface area (Å²) in [5.41, 5.74) is 5.80. The number of ether oxygens (including phenoxy) is 3. The van der Waals surface area contributed by atoms with Crippen LogP contribution in [-0.4, -0.2) is 73.2 Å². The van der Waals surface area contributed by atoms with Crippen molar-refractivity contribution in [3.05, 3.63) is 58.5 Å². The zero-order chi connectivity index (χ0) is 32.4. The van der Waals surface area contributed by atoms with E-state index in [-0.39, 0.29) is 47.7 Å². The molecule has 3 amide bonds. The number of hydrogen-bond acceptors (Lipinski definition) is 9. The van der Waals surface area contributed by atoms with Crippen molar-refractivity contribution >= 4 is 29.5 Å². The molecule has 6 atom stereocenters. The number of carbonyl (C=O) groups is 5. The number of methoxy groups -OCH3 is 2. The van der Waals surface area contributed by atoms with Gasteiger partial charge in [0.1, 0.15) is 6.10 Å². The first kappa shape index (κ1) is 35.3. The number of fused-ring (bicyclic) bond motifs is 2. The van der Waals surface area contributed by atoms with Crippen molar-refractivity contribution in [1.29, 1.82) is 0 Å². The number of nitrogens with two attached hydrogens (primary N) is 1. The normalized spacial score (nSPS) is 31.2. The van der Waals surface area contributed by atoms with E-state index in [1.54, 1.807) is 32.9 Å². The van der Waals surface area contributed by atoms with Crippen LogP contribution in [0.15, 0.2) is 58.5 Å². The fraction of sp³-hybridized carbons (Fsp3) is 0.516. The van der Waals surface area contributed by atoms with Gasteiger partial charge in [-0.3, -0.25) is 19.2 Å². The average molecular weight is 602 g/mol. The van der Waals surface area contributed by atoms with Crippen molar-refractivity contribution in [1.82, 2.24) is 10.6 Å².